The van der Waals surface area contributed by atoms with E-state index in [2.05, 4.69) is 18.6 Å². The Hall–Kier alpha value is -0.530. The Balaban J connectivity index is 2.40. The van der Waals surface area contributed by atoms with Gasteiger partial charge in [0.2, 0.25) is 0 Å². The third-order valence-corrected chi connectivity index (χ3v) is 2.29. The van der Waals surface area contributed by atoms with Gasteiger partial charge in [-0.1, -0.05) is 13.8 Å². The molecule has 0 aromatic heterocycles. The predicted molar refractivity (Wildman–Crippen MR) is 33.8 cm³/mol. The maximum atomic E-state index is 10.8. The lowest BCUT2D eigenvalue weighted by atomic mass is 10.3. The lowest BCUT2D eigenvalue weighted by molar-refractivity contribution is -0.142. The highest BCUT2D eigenvalue weighted by molar-refractivity contribution is 5.76. The molecular formula is C7H12O2. The van der Waals surface area contributed by atoms with Crippen molar-refractivity contribution in [1.29, 1.82) is 0 Å². The second-order valence-electron chi connectivity index (χ2n) is 2.77. The molecule has 0 heterocycles. The van der Waals surface area contributed by atoms with E-state index in [4.69, 9.17) is 0 Å². The van der Waals surface area contributed by atoms with Crippen molar-refractivity contribution in [3.63, 3.8) is 0 Å². The Kier molecular flexibility index (Phi) is 1.47. The van der Waals surface area contributed by atoms with E-state index in [0.717, 1.165) is 0 Å². The molecule has 0 spiro atoms. The standard InChI is InChI=1S/C7H12O2/c1-4-5(2)6(4)7(8)9-3/h4-6H,1-3H3/t4-,5?,6?/m0/s1. The highest BCUT2D eigenvalue weighted by Crippen LogP contribution is 2.45. The number of hydrogen-bond donors (Lipinski definition) is 0. The summed E-state index contributed by atoms with van der Waals surface area (Å²) in [6.45, 7) is 4.15. The van der Waals surface area contributed by atoms with E-state index in [-0.39, 0.29) is 11.9 Å². The molecule has 0 amide bonds. The van der Waals surface area contributed by atoms with E-state index < -0.39 is 0 Å². The van der Waals surface area contributed by atoms with Gasteiger partial charge in [0.1, 0.15) is 0 Å². The molecule has 9 heavy (non-hydrogen) atoms. The van der Waals surface area contributed by atoms with Gasteiger partial charge in [-0.3, -0.25) is 4.79 Å². The van der Waals surface area contributed by atoms with Crippen LogP contribution in [0, 0.1) is 17.8 Å². The molecule has 0 aromatic carbocycles. The van der Waals surface area contributed by atoms with Crippen LogP contribution in [0.1, 0.15) is 13.8 Å². The monoisotopic (exact) mass is 128 g/mol. The summed E-state index contributed by atoms with van der Waals surface area (Å²) in [7, 11) is 1.44. The Labute approximate surface area is 55.2 Å². The molecule has 0 aliphatic heterocycles. The zero-order valence-electron chi connectivity index (χ0n) is 6.05. The van der Waals surface area contributed by atoms with Gasteiger partial charge in [0, 0.05) is 0 Å². The van der Waals surface area contributed by atoms with Crippen LogP contribution in [0.25, 0.3) is 0 Å². The number of rotatable bonds is 1. The highest BCUT2D eigenvalue weighted by Gasteiger charge is 2.48. The summed E-state index contributed by atoms with van der Waals surface area (Å²) in [6, 6.07) is 0. The summed E-state index contributed by atoms with van der Waals surface area (Å²) < 4.78 is 4.58. The summed E-state index contributed by atoms with van der Waals surface area (Å²) in [6.07, 6.45) is 0. The predicted octanol–water partition coefficient (Wildman–Crippen LogP) is 1.06. The lowest BCUT2D eigenvalue weighted by Crippen LogP contribution is -2.04. The quantitative estimate of drug-likeness (QED) is 0.493. The first-order valence-electron chi connectivity index (χ1n) is 3.26. The molecule has 52 valence electrons. The van der Waals surface area contributed by atoms with Crippen molar-refractivity contribution in [2.75, 3.05) is 7.11 Å². The zero-order valence-corrected chi connectivity index (χ0v) is 6.05. The van der Waals surface area contributed by atoms with Crippen LogP contribution in [0.4, 0.5) is 0 Å². The SMILES string of the molecule is COC(=O)C1C(C)[C@@H]1C. The van der Waals surface area contributed by atoms with Crippen LogP contribution in [0.3, 0.4) is 0 Å². The molecule has 2 unspecified atom stereocenters. The van der Waals surface area contributed by atoms with E-state index in [1.165, 1.54) is 7.11 Å². The van der Waals surface area contributed by atoms with Gasteiger partial charge >= 0.3 is 5.97 Å². The molecular weight excluding hydrogens is 116 g/mol. The third kappa shape index (κ3) is 0.934. The van der Waals surface area contributed by atoms with Crippen LogP contribution in [-0.4, -0.2) is 13.1 Å². The first-order chi connectivity index (χ1) is 4.18. The largest absolute Gasteiger partial charge is 0.469 e. The average molecular weight is 128 g/mol. The van der Waals surface area contributed by atoms with Gasteiger partial charge in [0.25, 0.3) is 0 Å². The van der Waals surface area contributed by atoms with Crippen LogP contribution < -0.4 is 0 Å². The van der Waals surface area contributed by atoms with Crippen molar-refractivity contribution in [3.8, 4) is 0 Å². The molecule has 1 aliphatic rings. The number of ether oxygens (including phenoxy) is 1. The average Bonchev–Trinajstić information content (AvgIpc) is 2.40. The van der Waals surface area contributed by atoms with Crippen molar-refractivity contribution in [3.05, 3.63) is 0 Å². The van der Waals surface area contributed by atoms with Crippen molar-refractivity contribution >= 4 is 5.97 Å². The summed E-state index contributed by atoms with van der Waals surface area (Å²) in [5, 5.41) is 0. The number of carbonyl (C=O) groups is 1. The minimum atomic E-state index is -0.0463. The van der Waals surface area contributed by atoms with E-state index in [0.29, 0.717) is 11.8 Å². The first kappa shape index (κ1) is 6.59. The molecule has 2 heteroatoms. The maximum absolute atomic E-state index is 10.8. The zero-order chi connectivity index (χ0) is 7.02. The number of carbonyl (C=O) groups excluding carboxylic acids is 1. The van der Waals surface area contributed by atoms with E-state index >= 15 is 0 Å². The molecule has 1 aliphatic carbocycles. The normalized spacial score (nSPS) is 40.1. The van der Waals surface area contributed by atoms with Gasteiger partial charge in [0.05, 0.1) is 13.0 Å². The molecule has 1 saturated carbocycles. The summed E-state index contributed by atoms with van der Waals surface area (Å²) in [5.74, 6) is 1.22. The van der Waals surface area contributed by atoms with Crippen LogP contribution >= 0.6 is 0 Å². The molecule has 0 aromatic rings. The molecule has 0 N–H and O–H groups in total. The highest BCUT2D eigenvalue weighted by atomic mass is 16.5. The van der Waals surface area contributed by atoms with Crippen LogP contribution in [0.5, 0.6) is 0 Å². The van der Waals surface area contributed by atoms with E-state index in [1.54, 1.807) is 0 Å². The fourth-order valence-electron chi connectivity index (χ4n) is 1.23. The molecule has 0 saturated heterocycles. The van der Waals surface area contributed by atoms with Crippen molar-refractivity contribution in [2.45, 2.75) is 13.8 Å². The van der Waals surface area contributed by atoms with E-state index in [1.807, 2.05) is 0 Å². The van der Waals surface area contributed by atoms with Crippen LogP contribution in [0.2, 0.25) is 0 Å². The molecule has 2 nitrogen and oxygen atoms in total. The fourth-order valence-corrected chi connectivity index (χ4v) is 1.23. The minimum Gasteiger partial charge on any atom is -0.469 e. The number of esters is 1. The summed E-state index contributed by atoms with van der Waals surface area (Å²) >= 11 is 0. The molecule has 3 atom stereocenters. The Bertz CT molecular complexity index is 123. The van der Waals surface area contributed by atoms with Gasteiger partial charge in [-0.15, -0.1) is 0 Å². The van der Waals surface area contributed by atoms with Gasteiger partial charge in [-0.2, -0.15) is 0 Å². The second-order valence-corrected chi connectivity index (χ2v) is 2.77. The van der Waals surface area contributed by atoms with Crippen LogP contribution in [-0.2, 0) is 9.53 Å². The number of hydrogen-bond acceptors (Lipinski definition) is 2. The number of methoxy groups -OCH3 is 1. The maximum Gasteiger partial charge on any atom is 0.309 e. The Morgan fingerprint density at radius 3 is 1.89 bits per heavy atom. The minimum absolute atomic E-state index is 0.0463. The lowest BCUT2D eigenvalue weighted by Gasteiger charge is -1.92. The summed E-state index contributed by atoms with van der Waals surface area (Å²) in [5.41, 5.74) is 0. The fraction of sp³-hybridized carbons (Fsp3) is 0.857. The Morgan fingerprint density at radius 2 is 1.78 bits per heavy atom. The van der Waals surface area contributed by atoms with Crippen molar-refractivity contribution in [2.24, 2.45) is 17.8 Å². The molecule has 1 rings (SSSR count). The van der Waals surface area contributed by atoms with Gasteiger partial charge in [0.15, 0.2) is 0 Å². The molecule has 0 radical (unpaired) electrons. The smallest absolute Gasteiger partial charge is 0.309 e. The topological polar surface area (TPSA) is 26.3 Å². The second kappa shape index (κ2) is 2.01. The molecule has 1 fully saturated rings. The van der Waals surface area contributed by atoms with Crippen molar-refractivity contribution < 1.29 is 9.53 Å². The molecule has 0 bridgehead atoms. The van der Waals surface area contributed by atoms with Gasteiger partial charge in [-0.05, 0) is 11.8 Å². The first-order valence-corrected chi connectivity index (χ1v) is 3.26. The van der Waals surface area contributed by atoms with Crippen LogP contribution in [0.15, 0.2) is 0 Å². The third-order valence-electron chi connectivity index (χ3n) is 2.29. The summed E-state index contributed by atoms with van der Waals surface area (Å²) in [4.78, 5) is 10.8. The Morgan fingerprint density at radius 1 is 1.33 bits per heavy atom. The van der Waals surface area contributed by atoms with Gasteiger partial charge < -0.3 is 4.74 Å². The van der Waals surface area contributed by atoms with E-state index in [9.17, 15) is 4.79 Å². The van der Waals surface area contributed by atoms with Gasteiger partial charge in [-0.25, -0.2) is 0 Å². The van der Waals surface area contributed by atoms with Crippen molar-refractivity contribution in [1.82, 2.24) is 0 Å².